The standard InChI is InChI=1S/C12H25N3O/c1-14-6-5-12(11(13)9-14)15-7-3-10(16-2)4-8-15/h10-12H,3-9,13H2,1-2H3. The normalized spacial score (nSPS) is 35.4. The Balaban J connectivity index is 1.84. The van der Waals surface area contributed by atoms with Gasteiger partial charge in [-0.25, -0.2) is 0 Å². The number of nitrogens with zero attached hydrogens (tertiary/aromatic N) is 2. The summed E-state index contributed by atoms with van der Waals surface area (Å²) in [6.07, 6.45) is 4.01. The molecule has 2 fully saturated rings. The van der Waals surface area contributed by atoms with Crippen LogP contribution in [0.1, 0.15) is 19.3 Å². The van der Waals surface area contributed by atoms with Crippen molar-refractivity contribution in [1.29, 1.82) is 0 Å². The van der Waals surface area contributed by atoms with E-state index >= 15 is 0 Å². The van der Waals surface area contributed by atoms with Gasteiger partial charge in [-0.05, 0) is 32.9 Å². The van der Waals surface area contributed by atoms with Gasteiger partial charge >= 0.3 is 0 Å². The highest BCUT2D eigenvalue weighted by atomic mass is 16.5. The third-order valence-corrected chi connectivity index (χ3v) is 4.10. The molecule has 0 aliphatic carbocycles. The quantitative estimate of drug-likeness (QED) is 0.728. The fourth-order valence-corrected chi connectivity index (χ4v) is 3.04. The summed E-state index contributed by atoms with van der Waals surface area (Å²) in [5.41, 5.74) is 6.25. The summed E-state index contributed by atoms with van der Waals surface area (Å²) < 4.78 is 5.40. The summed E-state index contributed by atoms with van der Waals surface area (Å²) in [6, 6.07) is 0.909. The lowest BCUT2D eigenvalue weighted by molar-refractivity contribution is 0.0110. The van der Waals surface area contributed by atoms with Crippen LogP contribution in [0.15, 0.2) is 0 Å². The van der Waals surface area contributed by atoms with Gasteiger partial charge in [0.2, 0.25) is 0 Å². The molecule has 0 radical (unpaired) electrons. The third-order valence-electron chi connectivity index (χ3n) is 4.10. The molecular weight excluding hydrogens is 202 g/mol. The van der Waals surface area contributed by atoms with Crippen LogP contribution in [0.4, 0.5) is 0 Å². The lowest BCUT2D eigenvalue weighted by Gasteiger charge is -2.44. The van der Waals surface area contributed by atoms with E-state index in [9.17, 15) is 0 Å². The minimum absolute atomic E-state index is 0.317. The first-order valence-corrected chi connectivity index (χ1v) is 6.41. The van der Waals surface area contributed by atoms with Gasteiger partial charge < -0.3 is 15.4 Å². The fourth-order valence-electron chi connectivity index (χ4n) is 3.04. The Morgan fingerprint density at radius 2 is 1.81 bits per heavy atom. The Morgan fingerprint density at radius 3 is 2.38 bits per heavy atom. The van der Waals surface area contributed by atoms with Crippen molar-refractivity contribution in [2.24, 2.45) is 5.73 Å². The number of piperidine rings is 2. The molecule has 2 aliphatic rings. The molecule has 2 saturated heterocycles. The maximum Gasteiger partial charge on any atom is 0.0595 e. The monoisotopic (exact) mass is 227 g/mol. The molecule has 16 heavy (non-hydrogen) atoms. The van der Waals surface area contributed by atoms with E-state index in [1.54, 1.807) is 0 Å². The van der Waals surface area contributed by atoms with Crippen LogP contribution >= 0.6 is 0 Å². The number of likely N-dealkylation sites (N-methyl/N-ethyl adjacent to an activating group) is 1. The highest BCUT2D eigenvalue weighted by molar-refractivity contribution is 4.90. The van der Waals surface area contributed by atoms with Crippen molar-refractivity contribution < 1.29 is 4.74 Å². The van der Waals surface area contributed by atoms with Crippen molar-refractivity contribution in [1.82, 2.24) is 9.80 Å². The second-order valence-electron chi connectivity index (χ2n) is 5.25. The zero-order valence-electron chi connectivity index (χ0n) is 10.6. The summed E-state index contributed by atoms with van der Waals surface area (Å²) in [6.45, 7) is 4.53. The van der Waals surface area contributed by atoms with E-state index in [0.29, 0.717) is 18.2 Å². The second-order valence-corrected chi connectivity index (χ2v) is 5.25. The smallest absolute Gasteiger partial charge is 0.0595 e. The number of rotatable bonds is 2. The van der Waals surface area contributed by atoms with E-state index in [0.717, 1.165) is 32.5 Å². The third kappa shape index (κ3) is 2.74. The van der Waals surface area contributed by atoms with E-state index in [1.165, 1.54) is 13.0 Å². The molecular formula is C12H25N3O. The number of likely N-dealkylation sites (tertiary alicyclic amines) is 2. The fraction of sp³-hybridized carbons (Fsp3) is 1.00. The van der Waals surface area contributed by atoms with Gasteiger partial charge in [0, 0.05) is 38.8 Å². The largest absolute Gasteiger partial charge is 0.381 e. The van der Waals surface area contributed by atoms with E-state index in [1.807, 2.05) is 7.11 Å². The lowest BCUT2D eigenvalue weighted by Crippen LogP contribution is -2.58. The average Bonchev–Trinajstić information content (AvgIpc) is 2.29. The molecule has 2 atom stereocenters. The molecule has 2 aliphatic heterocycles. The maximum absolute atomic E-state index is 6.25. The Kier molecular flexibility index (Phi) is 4.19. The van der Waals surface area contributed by atoms with Gasteiger partial charge in [-0.1, -0.05) is 0 Å². The summed E-state index contributed by atoms with van der Waals surface area (Å²) >= 11 is 0. The first kappa shape index (κ1) is 12.3. The van der Waals surface area contributed by atoms with E-state index in [4.69, 9.17) is 10.5 Å². The summed E-state index contributed by atoms with van der Waals surface area (Å²) in [7, 11) is 3.98. The number of hydrogen-bond donors (Lipinski definition) is 1. The summed E-state index contributed by atoms with van der Waals surface area (Å²) in [4.78, 5) is 4.91. The Bertz CT molecular complexity index is 216. The van der Waals surface area contributed by atoms with Crippen LogP contribution < -0.4 is 5.73 Å². The number of ether oxygens (including phenoxy) is 1. The molecule has 4 heteroatoms. The number of hydrogen-bond acceptors (Lipinski definition) is 4. The van der Waals surface area contributed by atoms with E-state index in [2.05, 4.69) is 16.8 Å². The Hall–Kier alpha value is -0.160. The Morgan fingerprint density at radius 1 is 1.12 bits per heavy atom. The summed E-state index contributed by atoms with van der Waals surface area (Å²) in [5.74, 6) is 0. The number of methoxy groups -OCH3 is 1. The molecule has 0 saturated carbocycles. The van der Waals surface area contributed by atoms with Crippen LogP contribution in [-0.2, 0) is 4.74 Å². The van der Waals surface area contributed by atoms with Crippen LogP contribution in [0.25, 0.3) is 0 Å². The predicted molar refractivity (Wildman–Crippen MR) is 65.5 cm³/mol. The topological polar surface area (TPSA) is 41.7 Å². The Labute approximate surface area is 98.7 Å². The van der Waals surface area contributed by atoms with Crippen molar-refractivity contribution in [3.63, 3.8) is 0 Å². The molecule has 0 aromatic heterocycles. The average molecular weight is 227 g/mol. The molecule has 94 valence electrons. The number of nitrogens with two attached hydrogens (primary N) is 1. The zero-order valence-corrected chi connectivity index (χ0v) is 10.6. The van der Waals surface area contributed by atoms with Gasteiger partial charge in [0.25, 0.3) is 0 Å². The van der Waals surface area contributed by atoms with Crippen LogP contribution in [0, 0.1) is 0 Å². The maximum atomic E-state index is 6.25. The molecule has 4 nitrogen and oxygen atoms in total. The first-order chi connectivity index (χ1) is 7.70. The highest BCUT2D eigenvalue weighted by Crippen LogP contribution is 2.21. The minimum Gasteiger partial charge on any atom is -0.381 e. The zero-order chi connectivity index (χ0) is 11.5. The van der Waals surface area contributed by atoms with Crippen molar-refractivity contribution in [3.05, 3.63) is 0 Å². The predicted octanol–water partition coefficient (Wildman–Crippen LogP) is 0.129. The second kappa shape index (κ2) is 5.45. The van der Waals surface area contributed by atoms with Gasteiger partial charge in [0.1, 0.15) is 0 Å². The van der Waals surface area contributed by atoms with Gasteiger partial charge in [0.15, 0.2) is 0 Å². The van der Waals surface area contributed by atoms with Crippen LogP contribution in [0.3, 0.4) is 0 Å². The lowest BCUT2D eigenvalue weighted by atomic mass is 9.95. The molecule has 2 heterocycles. The minimum atomic E-state index is 0.317. The van der Waals surface area contributed by atoms with Crippen molar-refractivity contribution in [2.45, 2.75) is 37.5 Å². The van der Waals surface area contributed by atoms with Gasteiger partial charge in [-0.15, -0.1) is 0 Å². The SMILES string of the molecule is COC1CCN(C2CCN(C)CC2N)CC1. The van der Waals surface area contributed by atoms with Crippen LogP contribution in [0.2, 0.25) is 0 Å². The van der Waals surface area contributed by atoms with E-state index < -0.39 is 0 Å². The molecule has 0 amide bonds. The van der Waals surface area contributed by atoms with Crippen molar-refractivity contribution in [3.8, 4) is 0 Å². The molecule has 2 unspecified atom stereocenters. The van der Waals surface area contributed by atoms with Gasteiger partial charge in [-0.3, -0.25) is 4.90 Å². The molecule has 2 N–H and O–H groups in total. The van der Waals surface area contributed by atoms with Crippen LogP contribution in [0.5, 0.6) is 0 Å². The molecule has 0 aromatic carbocycles. The van der Waals surface area contributed by atoms with Crippen LogP contribution in [-0.4, -0.2) is 68.3 Å². The molecule has 0 spiro atoms. The first-order valence-electron chi connectivity index (χ1n) is 6.41. The molecule has 2 rings (SSSR count). The van der Waals surface area contributed by atoms with Gasteiger partial charge in [-0.2, -0.15) is 0 Å². The highest BCUT2D eigenvalue weighted by Gasteiger charge is 2.31. The van der Waals surface area contributed by atoms with E-state index in [-0.39, 0.29) is 0 Å². The summed E-state index contributed by atoms with van der Waals surface area (Å²) in [5, 5.41) is 0. The van der Waals surface area contributed by atoms with Crippen molar-refractivity contribution in [2.75, 3.05) is 40.3 Å². The molecule has 0 aromatic rings. The molecule has 0 bridgehead atoms. The van der Waals surface area contributed by atoms with Crippen molar-refractivity contribution >= 4 is 0 Å². The van der Waals surface area contributed by atoms with Gasteiger partial charge in [0.05, 0.1) is 6.10 Å².